The maximum Gasteiger partial charge on any atom is 0.295 e. The van der Waals surface area contributed by atoms with E-state index in [1.165, 1.54) is 13.1 Å². The van der Waals surface area contributed by atoms with E-state index in [9.17, 15) is 17.2 Å². The third-order valence-electron chi connectivity index (χ3n) is 4.23. The quantitative estimate of drug-likeness (QED) is 0.560. The van der Waals surface area contributed by atoms with E-state index < -0.39 is 15.3 Å². The molecule has 5 nitrogen and oxygen atoms in total. The maximum absolute atomic E-state index is 13.3. The molecule has 154 valence electrons. The van der Waals surface area contributed by atoms with Crippen molar-refractivity contribution in [1.82, 2.24) is 14.3 Å². The molecule has 0 saturated heterocycles. The van der Waals surface area contributed by atoms with Gasteiger partial charge in [0.2, 0.25) is 10.0 Å². The highest BCUT2D eigenvalue weighted by molar-refractivity contribution is 8.00. The summed E-state index contributed by atoms with van der Waals surface area (Å²) in [6, 6.07) is 11.8. The Kier molecular flexibility index (Phi) is 6.11. The molecule has 0 aliphatic heterocycles. The summed E-state index contributed by atoms with van der Waals surface area (Å²) in [4.78, 5) is 4.96. The summed E-state index contributed by atoms with van der Waals surface area (Å²) in [5.74, 6) is 0. The lowest BCUT2D eigenvalue weighted by molar-refractivity contribution is 0.129. The second kappa shape index (κ2) is 8.25. The van der Waals surface area contributed by atoms with Gasteiger partial charge in [0.1, 0.15) is 0 Å². The number of aromatic nitrogens is 2. The van der Waals surface area contributed by atoms with Crippen LogP contribution in [0.4, 0.5) is 8.78 Å². The van der Waals surface area contributed by atoms with E-state index in [1.807, 2.05) is 13.1 Å². The van der Waals surface area contributed by atoms with Gasteiger partial charge in [0.15, 0.2) is 0 Å². The molecule has 3 aromatic rings. The molecule has 29 heavy (non-hydrogen) atoms. The van der Waals surface area contributed by atoms with E-state index in [0.717, 1.165) is 18.1 Å². The number of hydrogen-bond donors (Lipinski definition) is 1. The molecular weight excluding hydrogens is 416 g/mol. The molecule has 0 radical (unpaired) electrons. The summed E-state index contributed by atoms with van der Waals surface area (Å²) in [5, 5.41) is -2.86. The van der Waals surface area contributed by atoms with Crippen molar-refractivity contribution in [2.75, 3.05) is 7.05 Å². The molecule has 0 unspecified atom stereocenters. The van der Waals surface area contributed by atoms with Crippen molar-refractivity contribution in [2.45, 2.75) is 28.4 Å². The monoisotopic (exact) mass is 437 g/mol. The topological polar surface area (TPSA) is 64.0 Å². The Morgan fingerprint density at radius 2 is 1.97 bits per heavy atom. The van der Waals surface area contributed by atoms with Crippen LogP contribution in [-0.4, -0.2) is 30.3 Å². The fourth-order valence-electron chi connectivity index (χ4n) is 2.93. The lowest BCUT2D eigenvalue weighted by atomic mass is 9.98. The normalized spacial score (nSPS) is 12.3. The highest BCUT2D eigenvalue weighted by Crippen LogP contribution is 2.36. The third kappa shape index (κ3) is 5.43. The number of imidazole rings is 1. The Morgan fingerprint density at radius 1 is 1.21 bits per heavy atom. The molecule has 0 bridgehead atoms. The van der Waals surface area contributed by atoms with Crippen LogP contribution < -0.4 is 4.72 Å². The zero-order valence-electron chi connectivity index (χ0n) is 16.2. The smallest absolute Gasteiger partial charge is 0.295 e. The Morgan fingerprint density at radius 3 is 2.59 bits per heavy atom. The van der Waals surface area contributed by atoms with Crippen LogP contribution in [0.25, 0.3) is 11.3 Å². The molecule has 2 aromatic carbocycles. The minimum atomic E-state index is -3.61. The third-order valence-corrected chi connectivity index (χ3v) is 6.49. The van der Waals surface area contributed by atoms with Gasteiger partial charge < -0.3 is 4.57 Å². The standard InChI is InChI=1S/C20H21F2N3O2S2/c1-20(21,22)28-16-6-4-5-14(10-16)9-15-7-8-17(29(26,27)23-2)11-18(15)19-12-25(3)13-24-19/h4-8,10-13,23H,9H2,1-3H3. The van der Waals surface area contributed by atoms with Gasteiger partial charge in [-0.25, -0.2) is 18.1 Å². The molecule has 0 saturated carbocycles. The van der Waals surface area contributed by atoms with Crippen LogP contribution in [0.3, 0.4) is 0 Å². The average molecular weight is 438 g/mol. The van der Waals surface area contributed by atoms with Gasteiger partial charge in [0.25, 0.3) is 5.25 Å². The van der Waals surface area contributed by atoms with Gasteiger partial charge in [0, 0.05) is 30.6 Å². The number of benzene rings is 2. The first-order valence-corrected chi connectivity index (χ1v) is 11.1. The number of aryl methyl sites for hydroxylation is 1. The van der Waals surface area contributed by atoms with E-state index in [-0.39, 0.29) is 4.90 Å². The van der Waals surface area contributed by atoms with Crippen LogP contribution in [0.5, 0.6) is 0 Å². The molecule has 0 fully saturated rings. The van der Waals surface area contributed by atoms with Gasteiger partial charge in [-0.15, -0.1) is 0 Å². The van der Waals surface area contributed by atoms with Crippen LogP contribution in [0.1, 0.15) is 18.1 Å². The Hall–Kier alpha value is -2.23. The highest BCUT2D eigenvalue weighted by Gasteiger charge is 2.23. The maximum atomic E-state index is 13.3. The van der Waals surface area contributed by atoms with E-state index in [4.69, 9.17) is 0 Å². The summed E-state index contributed by atoms with van der Waals surface area (Å²) in [6.07, 6.45) is 3.90. The molecule has 0 spiro atoms. The first-order valence-electron chi connectivity index (χ1n) is 8.78. The molecule has 1 aromatic heterocycles. The van der Waals surface area contributed by atoms with E-state index in [2.05, 4.69) is 9.71 Å². The van der Waals surface area contributed by atoms with Gasteiger partial charge in [-0.05, 0) is 48.9 Å². The van der Waals surface area contributed by atoms with Crippen molar-refractivity contribution in [3.63, 3.8) is 0 Å². The number of alkyl halides is 2. The summed E-state index contributed by atoms with van der Waals surface area (Å²) < 4.78 is 55.2. The molecule has 9 heteroatoms. The van der Waals surface area contributed by atoms with Gasteiger partial charge in [-0.1, -0.05) is 30.0 Å². The number of thioether (sulfide) groups is 1. The van der Waals surface area contributed by atoms with Crippen molar-refractivity contribution in [2.24, 2.45) is 7.05 Å². The van der Waals surface area contributed by atoms with E-state index in [1.54, 1.807) is 47.4 Å². The molecule has 3 rings (SSSR count). The molecular formula is C20H21F2N3O2S2. The number of rotatable bonds is 7. The zero-order chi connectivity index (χ0) is 21.2. The fraction of sp³-hybridized carbons (Fsp3) is 0.250. The SMILES string of the molecule is CNS(=O)(=O)c1ccc(Cc2cccc(SC(C)(F)F)c2)c(-c2cn(C)cn2)c1. The minimum absolute atomic E-state index is 0.138. The van der Waals surface area contributed by atoms with Crippen molar-refractivity contribution in [3.05, 3.63) is 66.1 Å². The first kappa shape index (κ1) is 21.5. The number of halogens is 2. The Labute approximate surface area is 173 Å². The molecule has 0 atom stereocenters. The second-order valence-electron chi connectivity index (χ2n) is 6.68. The molecule has 1 N–H and O–H groups in total. The number of nitrogens with zero attached hydrogens (tertiary/aromatic N) is 2. The van der Waals surface area contributed by atoms with Crippen molar-refractivity contribution in [3.8, 4) is 11.3 Å². The summed E-state index contributed by atoms with van der Waals surface area (Å²) in [7, 11) is -0.423. The van der Waals surface area contributed by atoms with Gasteiger partial charge in [-0.2, -0.15) is 8.78 Å². The first-order chi connectivity index (χ1) is 13.6. The zero-order valence-corrected chi connectivity index (χ0v) is 17.8. The predicted molar refractivity (Wildman–Crippen MR) is 111 cm³/mol. The molecule has 1 heterocycles. The molecule has 0 aliphatic carbocycles. The van der Waals surface area contributed by atoms with Crippen molar-refractivity contribution in [1.29, 1.82) is 0 Å². The van der Waals surface area contributed by atoms with Crippen LogP contribution >= 0.6 is 11.8 Å². The second-order valence-corrected chi connectivity index (χ2v) is 9.96. The fourth-order valence-corrected chi connectivity index (χ4v) is 4.46. The van der Waals surface area contributed by atoms with Gasteiger partial charge in [-0.3, -0.25) is 0 Å². The van der Waals surface area contributed by atoms with Crippen LogP contribution in [0.15, 0.2) is 64.8 Å². The summed E-state index contributed by atoms with van der Waals surface area (Å²) in [5.41, 5.74) is 3.02. The Bertz CT molecular complexity index is 1120. The van der Waals surface area contributed by atoms with Crippen LogP contribution in [-0.2, 0) is 23.5 Å². The van der Waals surface area contributed by atoms with Crippen molar-refractivity contribution < 1.29 is 17.2 Å². The van der Waals surface area contributed by atoms with Gasteiger partial charge >= 0.3 is 0 Å². The van der Waals surface area contributed by atoms with Crippen LogP contribution in [0, 0.1) is 0 Å². The Balaban J connectivity index is 2.02. The molecule has 0 aliphatic rings. The predicted octanol–water partition coefficient (Wildman–Crippen LogP) is 4.29. The van der Waals surface area contributed by atoms with Crippen LogP contribution in [0.2, 0.25) is 0 Å². The van der Waals surface area contributed by atoms with Gasteiger partial charge in [0.05, 0.1) is 16.9 Å². The number of hydrogen-bond acceptors (Lipinski definition) is 4. The average Bonchev–Trinajstić information content (AvgIpc) is 3.07. The number of nitrogens with one attached hydrogen (secondary N) is 1. The highest BCUT2D eigenvalue weighted by atomic mass is 32.2. The largest absolute Gasteiger partial charge is 0.340 e. The van der Waals surface area contributed by atoms with E-state index >= 15 is 0 Å². The minimum Gasteiger partial charge on any atom is -0.340 e. The lowest BCUT2D eigenvalue weighted by Gasteiger charge is -2.13. The van der Waals surface area contributed by atoms with Crippen molar-refractivity contribution >= 4 is 21.8 Å². The number of sulfonamides is 1. The summed E-state index contributed by atoms with van der Waals surface area (Å²) >= 11 is 0.502. The summed E-state index contributed by atoms with van der Waals surface area (Å²) in [6.45, 7) is 0.866. The molecule has 0 amide bonds. The van der Waals surface area contributed by atoms with E-state index in [0.29, 0.717) is 34.3 Å². The lowest BCUT2D eigenvalue weighted by Crippen LogP contribution is -2.18.